The van der Waals surface area contributed by atoms with Gasteiger partial charge in [-0.1, -0.05) is 25.0 Å². The Balaban J connectivity index is 1.25. The maximum absolute atomic E-state index is 12.7. The average molecular weight is 425 g/mol. The molecule has 7 nitrogen and oxygen atoms in total. The number of hydrogen-bond donors (Lipinski definition) is 2. The normalized spacial score (nSPS) is 19.8. The van der Waals surface area contributed by atoms with Crippen molar-refractivity contribution in [2.75, 3.05) is 11.9 Å². The summed E-state index contributed by atoms with van der Waals surface area (Å²) in [5.41, 5.74) is 3.88. The highest BCUT2D eigenvalue weighted by Crippen LogP contribution is 2.35. The van der Waals surface area contributed by atoms with E-state index in [0.717, 1.165) is 41.8 Å². The molecule has 8 heteroatoms. The third kappa shape index (κ3) is 3.39. The number of fused-ring (bicyclic) bond motifs is 1. The molecule has 156 valence electrons. The first-order chi connectivity index (χ1) is 14.5. The minimum absolute atomic E-state index is 0.283. The topological polar surface area (TPSA) is 91.4 Å². The number of carbonyl (C=O) groups is 3. The first kappa shape index (κ1) is 19.2. The standard InChI is InChI=1S/C22H24N4O3S/c27-18(12-26-19(28)22(25-21(26)29)9-3-4-10-22)24-20-23-17(13-30-20)16-8-7-14-5-1-2-6-15(14)11-16/h7-8,11,13H,1-6,9-10,12H2,(H,25,29)(H,23,24,27). The second-order valence-electron chi connectivity index (χ2n) is 8.39. The fraction of sp³-hybridized carbons (Fsp3) is 0.455. The van der Waals surface area contributed by atoms with Crippen LogP contribution in [0, 0.1) is 0 Å². The summed E-state index contributed by atoms with van der Waals surface area (Å²) in [5.74, 6) is -0.700. The Bertz CT molecular complexity index is 1030. The van der Waals surface area contributed by atoms with Gasteiger partial charge >= 0.3 is 6.03 Å². The molecule has 5 rings (SSSR count). The number of anilines is 1. The van der Waals surface area contributed by atoms with Gasteiger partial charge in [0.15, 0.2) is 5.13 Å². The Labute approximate surface area is 178 Å². The first-order valence-corrected chi connectivity index (χ1v) is 11.4. The lowest BCUT2D eigenvalue weighted by atomic mass is 9.90. The summed E-state index contributed by atoms with van der Waals surface area (Å²) in [5, 5.41) is 7.92. The molecule has 0 unspecified atom stereocenters. The van der Waals surface area contributed by atoms with E-state index in [4.69, 9.17) is 0 Å². The Morgan fingerprint density at radius 1 is 1.13 bits per heavy atom. The van der Waals surface area contributed by atoms with Crippen LogP contribution in [0.15, 0.2) is 23.6 Å². The zero-order valence-corrected chi connectivity index (χ0v) is 17.5. The number of carbonyl (C=O) groups excluding carboxylic acids is 3. The van der Waals surface area contributed by atoms with E-state index in [9.17, 15) is 14.4 Å². The van der Waals surface area contributed by atoms with Crippen LogP contribution < -0.4 is 10.6 Å². The van der Waals surface area contributed by atoms with Crippen LogP contribution in [0.2, 0.25) is 0 Å². The molecule has 1 saturated carbocycles. The summed E-state index contributed by atoms with van der Waals surface area (Å²) in [6.07, 6.45) is 7.82. The predicted molar refractivity (Wildman–Crippen MR) is 114 cm³/mol. The van der Waals surface area contributed by atoms with Gasteiger partial charge in [-0.15, -0.1) is 11.3 Å². The molecule has 30 heavy (non-hydrogen) atoms. The Hall–Kier alpha value is -2.74. The van der Waals surface area contributed by atoms with Crippen molar-refractivity contribution < 1.29 is 14.4 Å². The molecule has 1 aliphatic heterocycles. The molecule has 1 saturated heterocycles. The van der Waals surface area contributed by atoms with Crippen LogP contribution in [0.4, 0.5) is 9.93 Å². The van der Waals surface area contributed by atoms with Crippen LogP contribution in [0.5, 0.6) is 0 Å². The number of benzene rings is 1. The summed E-state index contributed by atoms with van der Waals surface area (Å²) < 4.78 is 0. The lowest BCUT2D eigenvalue weighted by Crippen LogP contribution is -2.44. The van der Waals surface area contributed by atoms with Crippen molar-refractivity contribution in [3.63, 3.8) is 0 Å². The molecule has 0 bridgehead atoms. The fourth-order valence-electron chi connectivity index (χ4n) is 4.80. The molecule has 4 amide bonds. The lowest BCUT2D eigenvalue weighted by Gasteiger charge is -2.19. The van der Waals surface area contributed by atoms with Crippen molar-refractivity contribution in [3.8, 4) is 11.3 Å². The fourth-order valence-corrected chi connectivity index (χ4v) is 5.53. The summed E-state index contributed by atoms with van der Waals surface area (Å²) in [7, 11) is 0. The van der Waals surface area contributed by atoms with E-state index in [1.807, 2.05) is 5.38 Å². The summed E-state index contributed by atoms with van der Waals surface area (Å²) in [4.78, 5) is 43.0. The van der Waals surface area contributed by atoms with Crippen molar-refractivity contribution in [1.29, 1.82) is 0 Å². The van der Waals surface area contributed by atoms with Crippen molar-refractivity contribution >= 4 is 34.3 Å². The zero-order valence-electron chi connectivity index (χ0n) is 16.7. The summed E-state index contributed by atoms with van der Waals surface area (Å²) in [6, 6.07) is 5.98. The molecule has 2 heterocycles. The molecule has 2 N–H and O–H groups in total. The van der Waals surface area contributed by atoms with E-state index in [2.05, 4.69) is 33.8 Å². The monoisotopic (exact) mass is 424 g/mol. The number of aryl methyl sites for hydroxylation is 2. The Morgan fingerprint density at radius 3 is 2.70 bits per heavy atom. The minimum atomic E-state index is -0.793. The minimum Gasteiger partial charge on any atom is -0.323 e. The summed E-state index contributed by atoms with van der Waals surface area (Å²) in [6.45, 7) is -0.291. The van der Waals surface area contributed by atoms with Gasteiger partial charge in [-0.25, -0.2) is 9.78 Å². The number of imide groups is 1. The van der Waals surface area contributed by atoms with Gasteiger partial charge < -0.3 is 10.6 Å². The zero-order chi connectivity index (χ0) is 20.7. The van der Waals surface area contributed by atoms with Gasteiger partial charge in [-0.3, -0.25) is 14.5 Å². The molecule has 1 aromatic carbocycles. The number of amides is 4. The average Bonchev–Trinajstić information content (AvgIpc) is 3.46. The van der Waals surface area contributed by atoms with Crippen LogP contribution >= 0.6 is 11.3 Å². The molecule has 2 aliphatic carbocycles. The number of thiazole rings is 1. The molecule has 0 radical (unpaired) electrons. The first-order valence-electron chi connectivity index (χ1n) is 10.6. The van der Waals surface area contributed by atoms with E-state index >= 15 is 0 Å². The number of nitrogens with one attached hydrogen (secondary N) is 2. The maximum atomic E-state index is 12.7. The van der Waals surface area contributed by atoms with Gasteiger partial charge in [0.2, 0.25) is 5.91 Å². The number of urea groups is 1. The van der Waals surface area contributed by atoms with E-state index in [-0.39, 0.29) is 12.5 Å². The van der Waals surface area contributed by atoms with Crippen LogP contribution in [-0.4, -0.2) is 39.8 Å². The molecular formula is C22H24N4O3S. The van der Waals surface area contributed by atoms with Crippen LogP contribution in [0.3, 0.4) is 0 Å². The van der Waals surface area contributed by atoms with Gasteiger partial charge in [0.1, 0.15) is 12.1 Å². The van der Waals surface area contributed by atoms with Crippen LogP contribution in [0.25, 0.3) is 11.3 Å². The molecule has 1 spiro atoms. The Kier molecular flexibility index (Phi) is 4.81. The second kappa shape index (κ2) is 7.50. The Morgan fingerprint density at radius 2 is 1.90 bits per heavy atom. The second-order valence-corrected chi connectivity index (χ2v) is 9.25. The number of rotatable bonds is 4. The highest BCUT2D eigenvalue weighted by Gasteiger charge is 2.52. The van der Waals surface area contributed by atoms with Crippen molar-refractivity contribution in [3.05, 3.63) is 34.7 Å². The highest BCUT2D eigenvalue weighted by atomic mass is 32.1. The van der Waals surface area contributed by atoms with Gasteiger partial charge in [0, 0.05) is 10.9 Å². The van der Waals surface area contributed by atoms with Crippen molar-refractivity contribution in [2.45, 2.75) is 56.9 Å². The highest BCUT2D eigenvalue weighted by molar-refractivity contribution is 7.14. The van der Waals surface area contributed by atoms with Crippen molar-refractivity contribution in [2.24, 2.45) is 0 Å². The molecule has 0 atom stereocenters. The maximum Gasteiger partial charge on any atom is 0.325 e. The molecule has 2 fully saturated rings. The van der Waals surface area contributed by atoms with Crippen molar-refractivity contribution in [1.82, 2.24) is 15.2 Å². The van der Waals surface area contributed by atoms with Crippen LogP contribution in [0.1, 0.15) is 49.7 Å². The van der Waals surface area contributed by atoms with Gasteiger partial charge in [0.05, 0.1) is 5.69 Å². The van der Waals surface area contributed by atoms with Gasteiger partial charge in [-0.05, 0) is 55.7 Å². The molecule has 3 aliphatic rings. The summed E-state index contributed by atoms with van der Waals surface area (Å²) >= 11 is 1.34. The number of nitrogens with zero attached hydrogens (tertiary/aromatic N) is 2. The third-order valence-electron chi connectivity index (χ3n) is 6.40. The number of aromatic nitrogens is 1. The quantitative estimate of drug-likeness (QED) is 0.735. The van der Waals surface area contributed by atoms with E-state index < -0.39 is 17.5 Å². The third-order valence-corrected chi connectivity index (χ3v) is 7.16. The van der Waals surface area contributed by atoms with E-state index in [0.29, 0.717) is 18.0 Å². The lowest BCUT2D eigenvalue weighted by molar-refractivity contribution is -0.133. The van der Waals surface area contributed by atoms with Gasteiger partial charge in [-0.2, -0.15) is 0 Å². The smallest absolute Gasteiger partial charge is 0.323 e. The molecular weight excluding hydrogens is 400 g/mol. The number of hydrogen-bond acceptors (Lipinski definition) is 5. The largest absolute Gasteiger partial charge is 0.325 e. The molecule has 1 aromatic heterocycles. The molecule has 2 aromatic rings. The van der Waals surface area contributed by atoms with Gasteiger partial charge in [0.25, 0.3) is 5.91 Å². The predicted octanol–water partition coefficient (Wildman–Crippen LogP) is 3.49. The van der Waals surface area contributed by atoms with E-state index in [1.54, 1.807) is 0 Å². The SMILES string of the molecule is O=C(CN1C(=O)NC2(CCCC2)C1=O)Nc1nc(-c2ccc3c(c2)CCCC3)cs1. The van der Waals surface area contributed by atoms with E-state index in [1.165, 1.54) is 35.3 Å². The van der Waals surface area contributed by atoms with Crippen LogP contribution in [-0.2, 0) is 22.4 Å².